The van der Waals surface area contributed by atoms with E-state index >= 15 is 0 Å². The molecule has 5 aromatic rings. The van der Waals surface area contributed by atoms with E-state index in [2.05, 4.69) is 20.1 Å². The summed E-state index contributed by atoms with van der Waals surface area (Å²) >= 11 is 1.30. The Morgan fingerprint density at radius 1 is 1.18 bits per heavy atom. The van der Waals surface area contributed by atoms with Gasteiger partial charge in [-0.25, -0.2) is 28.2 Å². The van der Waals surface area contributed by atoms with Crippen LogP contribution in [0.3, 0.4) is 0 Å². The lowest BCUT2D eigenvalue weighted by Gasteiger charge is -2.01. The highest BCUT2D eigenvalue weighted by atomic mass is 32.1. The Balaban J connectivity index is 1.77. The van der Waals surface area contributed by atoms with E-state index < -0.39 is 6.43 Å². The molecule has 0 aliphatic carbocycles. The Bertz CT molecular complexity index is 1360. The minimum atomic E-state index is -2.62. The van der Waals surface area contributed by atoms with Crippen molar-refractivity contribution in [3.63, 3.8) is 0 Å². The van der Waals surface area contributed by atoms with Crippen molar-refractivity contribution in [2.45, 2.75) is 13.3 Å². The molecule has 0 N–H and O–H groups in total. The number of aryl methyl sites for hydroxylation is 1. The van der Waals surface area contributed by atoms with E-state index in [1.165, 1.54) is 17.4 Å². The second-order valence-electron chi connectivity index (χ2n) is 6.30. The smallest absolute Gasteiger partial charge is 0.280 e. The molecule has 0 radical (unpaired) electrons. The van der Waals surface area contributed by atoms with E-state index in [-0.39, 0.29) is 5.69 Å². The molecule has 4 heterocycles. The molecule has 5 rings (SSSR count). The largest absolute Gasteiger partial charge is 0.497 e. The fourth-order valence-electron chi connectivity index (χ4n) is 3.23. The SMILES string of the molecule is COc1cccc(-c2nc3c4sc5nc(C(F)F)cc(C)c5c4ncn3n2)c1. The Morgan fingerprint density at radius 2 is 2.04 bits per heavy atom. The number of benzene rings is 1. The maximum atomic E-state index is 13.1. The second-order valence-corrected chi connectivity index (χ2v) is 7.30. The normalized spacial score (nSPS) is 11.9. The molecule has 0 atom stereocenters. The van der Waals surface area contributed by atoms with Gasteiger partial charge < -0.3 is 4.74 Å². The van der Waals surface area contributed by atoms with E-state index in [1.54, 1.807) is 24.9 Å². The van der Waals surface area contributed by atoms with Crippen LogP contribution in [0.15, 0.2) is 36.7 Å². The van der Waals surface area contributed by atoms with Gasteiger partial charge in [0, 0.05) is 10.9 Å². The minimum absolute atomic E-state index is 0.230. The summed E-state index contributed by atoms with van der Waals surface area (Å²) in [6.07, 6.45) is -1.03. The molecule has 140 valence electrons. The quantitative estimate of drug-likeness (QED) is 0.437. The first-order chi connectivity index (χ1) is 13.5. The molecule has 0 saturated carbocycles. The Morgan fingerprint density at radius 3 is 2.82 bits per heavy atom. The summed E-state index contributed by atoms with van der Waals surface area (Å²) < 4.78 is 33.9. The first-order valence-electron chi connectivity index (χ1n) is 8.43. The number of fused-ring (bicyclic) bond motifs is 5. The van der Waals surface area contributed by atoms with Gasteiger partial charge in [-0.3, -0.25) is 0 Å². The van der Waals surface area contributed by atoms with Crippen LogP contribution in [0.25, 0.3) is 37.5 Å². The van der Waals surface area contributed by atoms with Crippen LogP contribution < -0.4 is 4.74 Å². The zero-order valence-corrected chi connectivity index (χ0v) is 15.7. The number of halogens is 2. The van der Waals surface area contributed by atoms with Gasteiger partial charge in [0.25, 0.3) is 6.43 Å². The van der Waals surface area contributed by atoms with Crippen LogP contribution in [0.5, 0.6) is 5.75 Å². The number of nitrogens with zero attached hydrogens (tertiary/aromatic N) is 5. The molecule has 0 aliphatic heterocycles. The van der Waals surface area contributed by atoms with Gasteiger partial charge in [-0.15, -0.1) is 16.4 Å². The molecule has 4 aromatic heterocycles. The first kappa shape index (κ1) is 16.9. The molecule has 6 nitrogen and oxygen atoms in total. The number of aromatic nitrogens is 5. The van der Waals surface area contributed by atoms with Crippen LogP contribution in [-0.2, 0) is 0 Å². The van der Waals surface area contributed by atoms with E-state index in [9.17, 15) is 8.78 Å². The zero-order chi connectivity index (χ0) is 19.4. The molecule has 0 aliphatic rings. The maximum absolute atomic E-state index is 13.1. The predicted octanol–water partition coefficient (Wildman–Crippen LogP) is 4.81. The van der Waals surface area contributed by atoms with Crippen LogP contribution in [0.2, 0.25) is 0 Å². The fourth-order valence-corrected chi connectivity index (χ4v) is 4.42. The van der Waals surface area contributed by atoms with Crippen molar-refractivity contribution in [1.82, 2.24) is 24.6 Å². The molecular formula is C19H13F2N5OS. The predicted molar refractivity (Wildman–Crippen MR) is 103 cm³/mol. The topological polar surface area (TPSA) is 65.2 Å². The molecule has 0 unspecified atom stereocenters. The number of hydrogen-bond acceptors (Lipinski definition) is 6. The third-order valence-corrected chi connectivity index (χ3v) is 5.60. The summed E-state index contributed by atoms with van der Waals surface area (Å²) in [5, 5.41) is 5.28. The van der Waals surface area contributed by atoms with Gasteiger partial charge in [-0.1, -0.05) is 12.1 Å². The van der Waals surface area contributed by atoms with E-state index in [0.29, 0.717) is 27.6 Å². The van der Waals surface area contributed by atoms with Crippen LogP contribution in [0, 0.1) is 6.92 Å². The number of alkyl halides is 2. The molecule has 1 aromatic carbocycles. The van der Waals surface area contributed by atoms with E-state index in [4.69, 9.17) is 4.74 Å². The second kappa shape index (κ2) is 6.16. The van der Waals surface area contributed by atoms with Gasteiger partial charge in [0.2, 0.25) is 0 Å². The first-order valence-corrected chi connectivity index (χ1v) is 9.24. The third-order valence-electron chi connectivity index (χ3n) is 4.54. The van der Waals surface area contributed by atoms with Crippen molar-refractivity contribution in [1.29, 1.82) is 0 Å². The van der Waals surface area contributed by atoms with Gasteiger partial charge in [0.05, 0.1) is 12.6 Å². The number of ether oxygens (including phenoxy) is 1. The van der Waals surface area contributed by atoms with Crippen LogP contribution in [0.4, 0.5) is 8.78 Å². The molecule has 0 saturated heterocycles. The Kier molecular flexibility index (Phi) is 3.73. The average Bonchev–Trinajstić information content (AvgIpc) is 3.29. The van der Waals surface area contributed by atoms with Crippen molar-refractivity contribution in [2.75, 3.05) is 7.11 Å². The fraction of sp³-hybridized carbons (Fsp3) is 0.158. The molecule has 9 heteroatoms. The summed E-state index contributed by atoms with van der Waals surface area (Å²) in [4.78, 5) is 13.8. The van der Waals surface area contributed by atoms with Crippen LogP contribution in [0.1, 0.15) is 17.7 Å². The van der Waals surface area contributed by atoms with Crippen molar-refractivity contribution in [2.24, 2.45) is 0 Å². The molecule has 0 spiro atoms. The molecule has 28 heavy (non-hydrogen) atoms. The summed E-state index contributed by atoms with van der Waals surface area (Å²) in [5.74, 6) is 1.24. The Hall–Kier alpha value is -3.20. The van der Waals surface area contributed by atoms with Gasteiger partial charge in [-0.05, 0) is 30.7 Å². The Labute approximate surface area is 161 Å². The summed E-state index contributed by atoms with van der Waals surface area (Å²) in [7, 11) is 1.60. The lowest BCUT2D eigenvalue weighted by Crippen LogP contribution is -1.92. The van der Waals surface area contributed by atoms with E-state index in [0.717, 1.165) is 21.2 Å². The standard InChI is InChI=1S/C19H13F2N5OS/c1-9-6-12(16(20)21)23-19-13(9)14-15(28-19)18-24-17(25-26(18)8-22-14)10-4-3-5-11(7-10)27-2/h3-8,16H,1-2H3. The van der Waals surface area contributed by atoms with Crippen molar-refractivity contribution < 1.29 is 13.5 Å². The van der Waals surface area contributed by atoms with Gasteiger partial charge >= 0.3 is 0 Å². The monoisotopic (exact) mass is 397 g/mol. The number of hydrogen-bond donors (Lipinski definition) is 0. The molecule has 0 bridgehead atoms. The minimum Gasteiger partial charge on any atom is -0.497 e. The summed E-state index contributed by atoms with van der Waals surface area (Å²) in [5.41, 5.74) is 2.61. The molecular weight excluding hydrogens is 384 g/mol. The van der Waals surface area contributed by atoms with Gasteiger partial charge in [0.15, 0.2) is 11.5 Å². The maximum Gasteiger partial charge on any atom is 0.280 e. The highest BCUT2D eigenvalue weighted by Gasteiger charge is 2.19. The third kappa shape index (κ3) is 2.50. The lowest BCUT2D eigenvalue weighted by atomic mass is 10.1. The van der Waals surface area contributed by atoms with Gasteiger partial charge in [0.1, 0.15) is 27.3 Å². The van der Waals surface area contributed by atoms with Crippen LogP contribution in [-0.4, -0.2) is 31.7 Å². The molecule has 0 amide bonds. The number of thiophene rings is 1. The van der Waals surface area contributed by atoms with Crippen molar-refractivity contribution in [3.8, 4) is 17.1 Å². The number of pyridine rings is 1. The molecule has 0 fully saturated rings. The number of methoxy groups -OCH3 is 1. The average molecular weight is 397 g/mol. The lowest BCUT2D eigenvalue weighted by molar-refractivity contribution is 0.146. The number of rotatable bonds is 3. The zero-order valence-electron chi connectivity index (χ0n) is 14.8. The highest BCUT2D eigenvalue weighted by molar-refractivity contribution is 7.26. The van der Waals surface area contributed by atoms with Crippen molar-refractivity contribution >= 4 is 37.4 Å². The van der Waals surface area contributed by atoms with E-state index in [1.807, 2.05) is 24.3 Å². The van der Waals surface area contributed by atoms with Gasteiger partial charge in [-0.2, -0.15) is 0 Å². The summed E-state index contributed by atoms with van der Waals surface area (Å²) in [6, 6.07) is 8.88. The summed E-state index contributed by atoms with van der Waals surface area (Å²) in [6.45, 7) is 1.79. The highest BCUT2D eigenvalue weighted by Crippen LogP contribution is 2.37. The van der Waals surface area contributed by atoms with Crippen molar-refractivity contribution in [3.05, 3.63) is 47.9 Å². The van der Waals surface area contributed by atoms with Crippen LogP contribution >= 0.6 is 11.3 Å².